The lowest BCUT2D eigenvalue weighted by molar-refractivity contribution is -0.137. The highest BCUT2D eigenvalue weighted by Crippen LogP contribution is 2.40. The average molecular weight is 378 g/mol. The maximum atomic E-state index is 11.7. The van der Waals surface area contributed by atoms with Gasteiger partial charge in [-0.3, -0.25) is 14.4 Å². The van der Waals surface area contributed by atoms with Crippen molar-refractivity contribution >= 4 is 24.1 Å². The lowest BCUT2D eigenvalue weighted by Gasteiger charge is -2.49. The molecule has 9 nitrogen and oxygen atoms in total. The van der Waals surface area contributed by atoms with Crippen LogP contribution in [-0.4, -0.2) is 70.7 Å². The summed E-state index contributed by atoms with van der Waals surface area (Å²) in [6.07, 6.45) is 3.63. The van der Waals surface area contributed by atoms with Gasteiger partial charge in [-0.1, -0.05) is 0 Å². The van der Waals surface area contributed by atoms with Crippen LogP contribution in [0.1, 0.15) is 36.5 Å². The zero-order valence-electron chi connectivity index (χ0n) is 15.4. The molecule has 2 amide bonds. The smallest absolute Gasteiger partial charge is 0.290 e. The topological polar surface area (TPSA) is 137 Å². The molecule has 1 spiro atoms. The average Bonchev–Trinajstić information content (AvgIpc) is 2.62. The van der Waals surface area contributed by atoms with Gasteiger partial charge in [-0.2, -0.15) is 0 Å². The molecule has 2 fully saturated rings. The predicted molar refractivity (Wildman–Crippen MR) is 98.2 cm³/mol. The molecule has 2 saturated heterocycles. The van der Waals surface area contributed by atoms with Crippen LogP contribution in [0.2, 0.25) is 0 Å². The summed E-state index contributed by atoms with van der Waals surface area (Å²) < 4.78 is 0. The molecule has 0 saturated carbocycles. The Labute approximate surface area is 157 Å². The fraction of sp³-hybridized carbons (Fsp3) is 0.556. The van der Waals surface area contributed by atoms with Gasteiger partial charge in [-0.05, 0) is 36.8 Å². The van der Waals surface area contributed by atoms with E-state index in [1.807, 2.05) is 6.07 Å². The summed E-state index contributed by atoms with van der Waals surface area (Å²) in [5.74, 6) is 0.376. The molecule has 1 unspecified atom stereocenters. The van der Waals surface area contributed by atoms with Gasteiger partial charge in [-0.25, -0.2) is 4.98 Å². The molecule has 3 rings (SSSR count). The van der Waals surface area contributed by atoms with E-state index in [0.717, 1.165) is 44.7 Å². The van der Waals surface area contributed by atoms with Crippen LogP contribution in [0.25, 0.3) is 0 Å². The Balaban J connectivity index is 0.000000817. The van der Waals surface area contributed by atoms with E-state index in [0.29, 0.717) is 12.1 Å². The molecule has 2 aliphatic heterocycles. The van der Waals surface area contributed by atoms with E-state index in [-0.39, 0.29) is 17.8 Å². The molecular weight excluding hydrogens is 352 g/mol. The molecule has 4 N–H and O–H groups in total. The Hall–Kier alpha value is -2.68. The molecule has 0 bridgehead atoms. The number of nitrogens with two attached hydrogens (primary N) is 1. The molecule has 148 valence electrons. The number of amides is 2. The fourth-order valence-electron chi connectivity index (χ4n) is 3.88. The second-order valence-electron chi connectivity index (χ2n) is 7.12. The van der Waals surface area contributed by atoms with Gasteiger partial charge in [0.2, 0.25) is 11.8 Å². The van der Waals surface area contributed by atoms with Crippen molar-refractivity contribution in [2.75, 3.05) is 31.1 Å². The predicted octanol–water partition coefficient (Wildman–Crippen LogP) is 0.0810. The Kier molecular flexibility index (Phi) is 6.73. The number of hydrogen-bond acceptors (Lipinski definition) is 6. The first-order valence-electron chi connectivity index (χ1n) is 8.82. The third kappa shape index (κ3) is 5.16. The summed E-state index contributed by atoms with van der Waals surface area (Å²) in [6, 6.07) is 3.51. The van der Waals surface area contributed by atoms with Gasteiger partial charge >= 0.3 is 0 Å². The van der Waals surface area contributed by atoms with Crippen molar-refractivity contribution in [3.05, 3.63) is 23.9 Å². The molecule has 0 aromatic carbocycles. The normalized spacial score (nSPS) is 21.2. The van der Waals surface area contributed by atoms with Crippen LogP contribution in [0.3, 0.4) is 0 Å². The molecule has 1 atom stereocenters. The van der Waals surface area contributed by atoms with E-state index >= 15 is 0 Å². The van der Waals surface area contributed by atoms with E-state index in [2.05, 4.69) is 9.88 Å². The van der Waals surface area contributed by atoms with Crippen molar-refractivity contribution < 1.29 is 24.6 Å². The van der Waals surface area contributed by atoms with Crippen molar-refractivity contribution in [3.63, 3.8) is 0 Å². The van der Waals surface area contributed by atoms with Crippen molar-refractivity contribution in [1.82, 2.24) is 9.88 Å². The number of anilines is 1. The molecule has 0 radical (unpaired) electrons. The second kappa shape index (κ2) is 8.81. The van der Waals surface area contributed by atoms with Crippen LogP contribution in [0.5, 0.6) is 0 Å². The first-order valence-corrected chi connectivity index (χ1v) is 8.82. The van der Waals surface area contributed by atoms with Crippen LogP contribution in [0.4, 0.5) is 5.82 Å². The molecule has 1 aromatic heterocycles. The number of hydrogen-bond donors (Lipinski definition) is 3. The number of carboxylic acid groups (broad SMARTS) is 1. The van der Waals surface area contributed by atoms with E-state index in [9.17, 15) is 14.7 Å². The molecule has 0 aliphatic carbocycles. The summed E-state index contributed by atoms with van der Waals surface area (Å²) in [5, 5.41) is 17.0. The van der Waals surface area contributed by atoms with Crippen LogP contribution >= 0.6 is 0 Å². The van der Waals surface area contributed by atoms with Crippen molar-refractivity contribution in [3.8, 4) is 0 Å². The highest BCUT2D eigenvalue weighted by Gasteiger charge is 2.42. The molecular formula is C18H26N4O5. The zero-order chi connectivity index (χ0) is 20.0. The number of nitrogens with zero attached hydrogens (tertiary/aromatic N) is 3. The third-order valence-electron chi connectivity index (χ3n) is 5.25. The first-order chi connectivity index (χ1) is 12.8. The van der Waals surface area contributed by atoms with Crippen LogP contribution in [0, 0.1) is 5.41 Å². The van der Waals surface area contributed by atoms with Gasteiger partial charge in [-0.15, -0.1) is 0 Å². The SMILES string of the molecule is CC(=O)N1CC(O)CC2(CCN(c3ccc(C(N)=O)cn3)CC2)C1.O=CO. The van der Waals surface area contributed by atoms with E-state index in [1.165, 1.54) is 6.20 Å². The Morgan fingerprint density at radius 1 is 1.33 bits per heavy atom. The van der Waals surface area contributed by atoms with Gasteiger partial charge in [0, 0.05) is 39.3 Å². The maximum Gasteiger partial charge on any atom is 0.290 e. The van der Waals surface area contributed by atoms with Gasteiger partial charge < -0.3 is 25.7 Å². The number of β-amino-alcohol motifs (C(OH)–C–C–N with tert-alkyl or cyclic N) is 1. The summed E-state index contributed by atoms with van der Waals surface area (Å²) in [7, 11) is 0. The van der Waals surface area contributed by atoms with Crippen molar-refractivity contribution in [2.45, 2.75) is 32.3 Å². The summed E-state index contributed by atoms with van der Waals surface area (Å²) in [4.78, 5) is 39.5. The highest BCUT2D eigenvalue weighted by molar-refractivity contribution is 5.92. The molecule has 1 aromatic rings. The van der Waals surface area contributed by atoms with E-state index < -0.39 is 12.0 Å². The Bertz CT molecular complexity index is 671. The lowest BCUT2D eigenvalue weighted by atomic mass is 9.71. The quantitative estimate of drug-likeness (QED) is 0.620. The molecule has 3 heterocycles. The summed E-state index contributed by atoms with van der Waals surface area (Å²) >= 11 is 0. The Morgan fingerprint density at radius 2 is 1.96 bits per heavy atom. The van der Waals surface area contributed by atoms with E-state index in [4.69, 9.17) is 15.6 Å². The Morgan fingerprint density at radius 3 is 2.44 bits per heavy atom. The van der Waals surface area contributed by atoms with Crippen LogP contribution in [-0.2, 0) is 9.59 Å². The number of aliphatic hydroxyl groups is 1. The molecule has 27 heavy (non-hydrogen) atoms. The fourth-order valence-corrected chi connectivity index (χ4v) is 3.88. The minimum atomic E-state index is -0.479. The zero-order valence-corrected chi connectivity index (χ0v) is 15.4. The number of piperidine rings is 2. The van der Waals surface area contributed by atoms with Gasteiger partial charge in [0.25, 0.3) is 6.47 Å². The van der Waals surface area contributed by atoms with Crippen molar-refractivity contribution in [1.29, 1.82) is 0 Å². The minimum absolute atomic E-state index is 0.00694. The number of aliphatic hydroxyl groups excluding tert-OH is 1. The number of carbonyl (C=O) groups excluding carboxylic acids is 2. The summed E-state index contributed by atoms with van der Waals surface area (Å²) in [6.45, 7) is 4.12. The molecule has 2 aliphatic rings. The monoisotopic (exact) mass is 378 g/mol. The minimum Gasteiger partial charge on any atom is -0.483 e. The van der Waals surface area contributed by atoms with Crippen LogP contribution in [0.15, 0.2) is 18.3 Å². The molecule has 9 heteroatoms. The number of carbonyl (C=O) groups is 3. The highest BCUT2D eigenvalue weighted by atomic mass is 16.3. The number of likely N-dealkylation sites (tertiary alicyclic amines) is 1. The van der Waals surface area contributed by atoms with Gasteiger partial charge in [0.1, 0.15) is 5.82 Å². The second-order valence-corrected chi connectivity index (χ2v) is 7.12. The standard InChI is InChI=1S/C17H24N4O3.CH2O2/c1-12(22)21-10-14(23)8-17(11-21)4-6-20(7-5-17)15-3-2-13(9-19-15)16(18)24;2-1-3/h2-3,9,14,23H,4-8,10-11H2,1H3,(H2,18,24);1H,(H,2,3). The van der Waals surface area contributed by atoms with Crippen LogP contribution < -0.4 is 10.6 Å². The lowest BCUT2D eigenvalue weighted by Crippen LogP contribution is -2.55. The number of aromatic nitrogens is 1. The largest absolute Gasteiger partial charge is 0.483 e. The third-order valence-corrected chi connectivity index (χ3v) is 5.25. The van der Waals surface area contributed by atoms with E-state index in [1.54, 1.807) is 17.9 Å². The number of pyridine rings is 1. The van der Waals surface area contributed by atoms with Crippen molar-refractivity contribution in [2.24, 2.45) is 11.1 Å². The number of rotatable bonds is 2. The maximum absolute atomic E-state index is 11.7. The van der Waals surface area contributed by atoms with Gasteiger partial charge in [0.15, 0.2) is 0 Å². The first kappa shape index (κ1) is 20.6. The number of primary amides is 1. The van der Waals surface area contributed by atoms with Gasteiger partial charge in [0.05, 0.1) is 11.7 Å². The summed E-state index contributed by atoms with van der Waals surface area (Å²) in [5.41, 5.74) is 5.63.